The number of nitrogens with one attached hydrogen (secondary N) is 7. The number of aliphatic hydroxyl groups is 2. The van der Waals surface area contributed by atoms with Crippen LogP contribution >= 0.6 is 0 Å². The molecule has 3 aliphatic rings. The van der Waals surface area contributed by atoms with Crippen LogP contribution < -0.4 is 64.9 Å². The number of aliphatic hydroxyl groups excluding tert-OH is 2. The topological polar surface area (TPSA) is 603 Å². The molecule has 0 aromatic heterocycles. The second kappa shape index (κ2) is 53.0. The lowest BCUT2D eigenvalue weighted by atomic mass is 9.91. The van der Waals surface area contributed by atoms with E-state index in [9.17, 15) is 77.3 Å². The number of nitrogens with two attached hydrogens (primary N) is 4. The van der Waals surface area contributed by atoms with Gasteiger partial charge in [-0.1, -0.05) is 113 Å². The van der Waals surface area contributed by atoms with Crippen molar-refractivity contribution in [2.45, 2.75) is 334 Å². The zero-order chi connectivity index (χ0) is 95.5. The second-order valence-electron chi connectivity index (χ2n) is 34.7. The molecule has 3 aliphatic heterocycles. The molecule has 0 bridgehead atoms. The third kappa shape index (κ3) is 34.6. The molecule has 0 radical (unpaired) electrons. The van der Waals surface area contributed by atoms with Crippen molar-refractivity contribution in [2.24, 2.45) is 52.5 Å². The maximum Gasteiger partial charge on any atom is 0.329 e. The maximum atomic E-state index is 15.5. The van der Waals surface area contributed by atoms with Gasteiger partial charge < -0.3 is 109 Å². The third-order valence-electron chi connectivity index (χ3n) is 23.1. The number of Topliss-reactive ketones (excluding diaryl/α,β-unsaturated/α-hetero) is 1. The van der Waals surface area contributed by atoms with Crippen molar-refractivity contribution in [3.05, 3.63) is 29.8 Å². The highest BCUT2D eigenvalue weighted by molar-refractivity contribution is 6.05. The van der Waals surface area contributed by atoms with Crippen molar-refractivity contribution in [1.82, 2.24) is 56.8 Å². The molecule has 3 saturated heterocycles. The van der Waals surface area contributed by atoms with Gasteiger partial charge in [0.1, 0.15) is 72.3 Å². The summed E-state index contributed by atoms with van der Waals surface area (Å²) in [5.74, 6) is -21.7. The molecule has 17 N–H and O–H groups in total. The molecular formula is C87H139N15O25. The molecule has 0 spiro atoms. The molecule has 0 aliphatic carbocycles. The fraction of sp³-hybridized carbons (Fsp3) is 0.713. The number of unbranched alkanes of at least 4 members (excludes halogenated alkanes) is 4. The molecule has 18 atom stereocenters. The lowest BCUT2D eigenvalue weighted by molar-refractivity contribution is -0.163. The van der Waals surface area contributed by atoms with E-state index in [1.165, 1.54) is 40.0 Å². The van der Waals surface area contributed by atoms with E-state index in [0.717, 1.165) is 47.3 Å². The number of likely N-dealkylation sites (tertiary alicyclic amines) is 1. The normalized spacial score (nSPS) is 22.6. The van der Waals surface area contributed by atoms with Gasteiger partial charge in [-0.2, -0.15) is 0 Å². The number of nitrogens with zero attached hydrogens (tertiary/aromatic N) is 4. The summed E-state index contributed by atoms with van der Waals surface area (Å²) in [6.45, 7) is 19.2. The van der Waals surface area contributed by atoms with Crippen LogP contribution in [0.1, 0.15) is 236 Å². The summed E-state index contributed by atoms with van der Waals surface area (Å²) in [4.78, 5) is 272. The van der Waals surface area contributed by atoms with Crippen molar-refractivity contribution in [3.63, 3.8) is 0 Å². The Morgan fingerprint density at radius 2 is 1.18 bits per heavy atom. The molecule has 15 amide bonds. The van der Waals surface area contributed by atoms with Gasteiger partial charge in [0, 0.05) is 59.3 Å². The number of hydrogen-bond acceptors (Lipinski definition) is 25. The van der Waals surface area contributed by atoms with Gasteiger partial charge in [-0.25, -0.2) is 9.59 Å². The number of likely N-dealkylation sites (N-methyl/N-ethyl adjacent to an activating group) is 2. The van der Waals surface area contributed by atoms with Gasteiger partial charge in [0.25, 0.3) is 5.91 Å². The first-order chi connectivity index (χ1) is 59.7. The molecule has 712 valence electrons. The highest BCUT2D eigenvalue weighted by Crippen LogP contribution is 2.29. The van der Waals surface area contributed by atoms with E-state index in [2.05, 4.69) is 37.2 Å². The second-order valence-corrected chi connectivity index (χ2v) is 34.7. The zero-order valence-corrected chi connectivity index (χ0v) is 76.2. The first-order valence-corrected chi connectivity index (χ1v) is 44.2. The van der Waals surface area contributed by atoms with Gasteiger partial charge in [0.15, 0.2) is 18.0 Å². The summed E-state index contributed by atoms with van der Waals surface area (Å²) in [7, 11) is 4.05. The Morgan fingerprint density at radius 1 is 0.646 bits per heavy atom. The monoisotopic (exact) mass is 1790 g/mol. The fourth-order valence-corrected chi connectivity index (χ4v) is 15.4. The van der Waals surface area contributed by atoms with Crippen molar-refractivity contribution < 1.29 is 120 Å². The minimum absolute atomic E-state index is 0.0249. The molecule has 4 rings (SSSR count). The van der Waals surface area contributed by atoms with Crippen LogP contribution in [-0.4, -0.2) is 273 Å². The summed E-state index contributed by atoms with van der Waals surface area (Å²) >= 11 is 0. The first-order valence-electron chi connectivity index (χ1n) is 44.2. The molecular weight excluding hydrogens is 1660 g/mol. The summed E-state index contributed by atoms with van der Waals surface area (Å²) in [6.07, 6.45) is -8.38. The predicted octanol–water partition coefficient (Wildman–Crippen LogP) is -0.0199. The number of fused-ring (bicyclic) bond motifs is 1. The number of rotatable bonds is 44. The Bertz CT molecular complexity index is 3980. The van der Waals surface area contributed by atoms with Crippen LogP contribution in [-0.2, 0) is 112 Å². The number of carbonyl (C=O) groups excluding carboxylic acids is 19. The summed E-state index contributed by atoms with van der Waals surface area (Å²) in [5, 5.41) is 40.4. The van der Waals surface area contributed by atoms with Gasteiger partial charge in [-0.3, -0.25) is 81.5 Å². The number of cyclic esters (lactones) is 2. The minimum atomic E-state index is -1.95. The third-order valence-corrected chi connectivity index (χ3v) is 23.1. The van der Waals surface area contributed by atoms with E-state index < -0.39 is 297 Å². The number of benzene rings is 1. The molecule has 40 nitrogen and oxygen atoms in total. The fourth-order valence-electron chi connectivity index (χ4n) is 15.4. The molecule has 0 unspecified atom stereocenters. The largest absolute Gasteiger partial charge is 0.497 e. The number of ether oxygens (including phenoxy) is 4. The maximum absolute atomic E-state index is 15.5. The summed E-state index contributed by atoms with van der Waals surface area (Å²) in [5.41, 5.74) is 22.3. The number of esters is 3. The molecule has 3 fully saturated rings. The number of primary amides is 4. The van der Waals surface area contributed by atoms with Crippen LogP contribution in [0.3, 0.4) is 0 Å². The summed E-state index contributed by atoms with van der Waals surface area (Å²) < 4.78 is 23.0. The quantitative estimate of drug-likeness (QED) is 0.0177. The van der Waals surface area contributed by atoms with Crippen LogP contribution in [0.4, 0.5) is 0 Å². The van der Waals surface area contributed by atoms with E-state index >= 15 is 24.0 Å². The predicted molar refractivity (Wildman–Crippen MR) is 459 cm³/mol. The Labute approximate surface area is 742 Å². The van der Waals surface area contributed by atoms with E-state index in [4.69, 9.17) is 41.9 Å². The highest BCUT2D eigenvalue weighted by atomic mass is 16.6. The number of ketones is 1. The smallest absolute Gasteiger partial charge is 0.329 e. The minimum Gasteiger partial charge on any atom is -0.497 e. The van der Waals surface area contributed by atoms with Gasteiger partial charge in [0.05, 0.1) is 44.1 Å². The lowest BCUT2D eigenvalue weighted by Crippen LogP contribution is -2.62. The van der Waals surface area contributed by atoms with Crippen LogP contribution in [0.25, 0.3) is 0 Å². The Hall–Kier alpha value is -10.9. The molecule has 40 heteroatoms. The number of carbonyl (C=O) groups is 19. The molecule has 0 saturated carbocycles. The number of methoxy groups -OCH3 is 1. The zero-order valence-electron chi connectivity index (χ0n) is 76.2. The van der Waals surface area contributed by atoms with Crippen molar-refractivity contribution >= 4 is 112 Å². The van der Waals surface area contributed by atoms with Crippen LogP contribution in [0, 0.1) is 29.6 Å². The summed E-state index contributed by atoms with van der Waals surface area (Å²) in [6, 6.07) is -10.7. The Balaban J connectivity index is 1.74. The van der Waals surface area contributed by atoms with Crippen LogP contribution in [0.15, 0.2) is 24.3 Å². The van der Waals surface area contributed by atoms with Crippen LogP contribution in [0.2, 0.25) is 0 Å². The van der Waals surface area contributed by atoms with E-state index in [1.54, 1.807) is 65.8 Å². The average molecular weight is 1800 g/mol. The van der Waals surface area contributed by atoms with Gasteiger partial charge in [0.2, 0.25) is 82.7 Å². The Kier molecular flexibility index (Phi) is 45.2. The number of hydrogen-bond donors (Lipinski definition) is 13. The SMILES string of the molecule is CCCCCCC[C@@H](O)CC(=O)N[C@@H](CCC(N)=O)C(=O)N[C@@H](CCC(N)=O)C(=O)N[C@@H](CCC(N)=O)C(=O)N[C@@H](CCC(N)=O)C(=O)O[C@@H](C)C(=O)N1CCC[C@H]1C(=O)N(C)[C@H](CC(C)C)C(=O)N[C@@H]1C(=O)N[C@H]([C@H](C)CC)[C@@H](O)CC(=O)O[C@@H](C(C)C)C(=O)[C@H](C)C(=O)N[C@@H](CC(C)C)C(=O)N2CCC[C@H]2C(=O)N(C)[C@@H](Cc2ccc(OC)cc2)C(=O)O[C@@H]1C. The standard InChI is InChI=1S/C87H139N15O25/c1-16-18-19-20-21-24-54(103)44-70(109)92-56(31-35-66(88)105)77(113)93-57(32-36-67(89)106)78(114)94-58(33-37-68(90)107)79(115)95-59(34-38-69(91)108)86(122)126-52(12)82(118)101-39-22-25-61(101)84(120)99(13)63(42-47(5)6)80(116)98-73-51(11)125-87(123)64(43-53-27-29-55(124-15)30-28-53)100(14)85(121)62-26-23-40-102(62)83(119)60(41-46(3)4)96-76(112)50(10)74(111)75(48(7)8)127-71(110)45-65(104)72(49(9)17-2)97-81(73)117/h27-30,46-52,54,56-65,72-73,75,103-104H,16-26,31-45H2,1-15H3,(H2,88,105)(H2,89,106)(H2,90,107)(H2,91,108)(H,92,109)(H,93,113)(H,94,114)(H,95,115)(H,96,112)(H,97,117)(H,98,116)/t49-,50+,51-,52+,54-,56+,57+,58+,59+,60+,61+,62+,63-,64+,65+,72-,73+,75+/m1/s1. The van der Waals surface area contributed by atoms with E-state index in [1.807, 2.05) is 20.8 Å². The lowest BCUT2D eigenvalue weighted by Gasteiger charge is -2.36. The van der Waals surface area contributed by atoms with Gasteiger partial charge >= 0.3 is 17.9 Å². The van der Waals surface area contributed by atoms with E-state index in [-0.39, 0.29) is 70.4 Å². The van der Waals surface area contributed by atoms with E-state index in [0.29, 0.717) is 24.2 Å². The van der Waals surface area contributed by atoms with Crippen LogP contribution in [0.5, 0.6) is 5.75 Å². The van der Waals surface area contributed by atoms with Gasteiger partial charge in [-0.05, 0) is 133 Å². The van der Waals surface area contributed by atoms with Crippen molar-refractivity contribution in [3.8, 4) is 5.75 Å². The Morgan fingerprint density at radius 3 is 1.70 bits per heavy atom. The molecule has 1 aromatic carbocycles. The van der Waals surface area contributed by atoms with Crippen molar-refractivity contribution in [2.75, 3.05) is 34.3 Å². The molecule has 3 heterocycles. The average Bonchev–Trinajstić information content (AvgIpc) is 1.70. The molecule has 1 aromatic rings. The molecule has 127 heavy (non-hydrogen) atoms. The van der Waals surface area contributed by atoms with Gasteiger partial charge in [-0.15, -0.1) is 0 Å². The first kappa shape index (κ1) is 108. The van der Waals surface area contributed by atoms with Crippen molar-refractivity contribution in [1.29, 1.82) is 0 Å². The highest BCUT2D eigenvalue weighted by Gasteiger charge is 2.48. The number of amides is 15.